The largest absolute Gasteiger partial charge is 0.497 e. The van der Waals surface area contributed by atoms with Crippen molar-refractivity contribution < 1.29 is 9.53 Å². The first-order valence-corrected chi connectivity index (χ1v) is 10.1. The van der Waals surface area contributed by atoms with E-state index < -0.39 is 5.56 Å². The molecule has 1 heterocycles. The predicted molar refractivity (Wildman–Crippen MR) is 128 cm³/mol. The van der Waals surface area contributed by atoms with Gasteiger partial charge in [0.2, 0.25) is 0 Å². The van der Waals surface area contributed by atoms with Crippen molar-refractivity contribution in [3.8, 4) is 34.2 Å². The van der Waals surface area contributed by atoms with Gasteiger partial charge in [-0.05, 0) is 53.6 Å². The summed E-state index contributed by atoms with van der Waals surface area (Å²) < 4.78 is 5.18. The number of hydrogen-bond acceptors (Lipinski definition) is 4. The van der Waals surface area contributed by atoms with Gasteiger partial charge in [-0.2, -0.15) is 5.26 Å². The summed E-state index contributed by atoms with van der Waals surface area (Å²) in [5.74, 6) is 0.682. The minimum atomic E-state index is -0.467. The summed E-state index contributed by atoms with van der Waals surface area (Å²) in [6, 6.07) is 26.7. The lowest BCUT2D eigenvalue weighted by Gasteiger charge is -2.10. The average Bonchev–Trinajstić information content (AvgIpc) is 2.84. The van der Waals surface area contributed by atoms with Crippen LogP contribution in [0.1, 0.15) is 5.56 Å². The van der Waals surface area contributed by atoms with Gasteiger partial charge in [-0.15, -0.1) is 0 Å². The highest BCUT2D eigenvalue weighted by atomic mass is 16.5. The van der Waals surface area contributed by atoms with Crippen LogP contribution >= 0.6 is 0 Å². The number of nitrogens with zero attached hydrogens (tertiary/aromatic N) is 1. The van der Waals surface area contributed by atoms with E-state index in [1.165, 1.54) is 0 Å². The second-order valence-electron chi connectivity index (χ2n) is 7.16. The number of amides is 2. The molecule has 162 valence electrons. The Labute approximate surface area is 190 Å². The average molecular weight is 436 g/mol. The number of nitriles is 1. The van der Waals surface area contributed by atoms with Crippen LogP contribution in [-0.4, -0.2) is 18.1 Å². The molecule has 3 N–H and O–H groups in total. The van der Waals surface area contributed by atoms with E-state index >= 15 is 0 Å². The maximum Gasteiger partial charge on any atom is 0.323 e. The van der Waals surface area contributed by atoms with Crippen molar-refractivity contribution in [1.29, 1.82) is 5.26 Å². The number of pyridine rings is 1. The van der Waals surface area contributed by atoms with Crippen molar-refractivity contribution in [2.75, 3.05) is 17.7 Å². The van der Waals surface area contributed by atoms with Crippen molar-refractivity contribution in [3.05, 3.63) is 101 Å². The van der Waals surface area contributed by atoms with E-state index in [4.69, 9.17) is 4.74 Å². The Bertz CT molecular complexity index is 1370. The van der Waals surface area contributed by atoms with Crippen molar-refractivity contribution in [3.63, 3.8) is 0 Å². The van der Waals surface area contributed by atoms with E-state index in [0.29, 0.717) is 28.4 Å². The molecule has 33 heavy (non-hydrogen) atoms. The van der Waals surface area contributed by atoms with Gasteiger partial charge in [-0.1, -0.05) is 42.5 Å². The molecule has 7 nitrogen and oxygen atoms in total. The number of methoxy groups -OCH3 is 1. The summed E-state index contributed by atoms with van der Waals surface area (Å²) in [6.45, 7) is 0. The lowest BCUT2D eigenvalue weighted by atomic mass is 9.99. The van der Waals surface area contributed by atoms with Gasteiger partial charge >= 0.3 is 6.03 Å². The minimum Gasteiger partial charge on any atom is -0.497 e. The summed E-state index contributed by atoms with van der Waals surface area (Å²) >= 11 is 0. The van der Waals surface area contributed by atoms with Gasteiger partial charge in [0.25, 0.3) is 5.56 Å². The van der Waals surface area contributed by atoms with Crippen molar-refractivity contribution >= 4 is 17.4 Å². The molecular weight excluding hydrogens is 416 g/mol. The summed E-state index contributed by atoms with van der Waals surface area (Å²) in [5, 5.41) is 15.0. The summed E-state index contributed by atoms with van der Waals surface area (Å²) in [5.41, 5.74) is 3.42. The van der Waals surface area contributed by atoms with E-state index in [1.807, 2.05) is 24.3 Å². The number of para-hydroxylation sites is 1. The zero-order chi connectivity index (χ0) is 23.2. The fourth-order valence-electron chi connectivity index (χ4n) is 3.37. The van der Waals surface area contributed by atoms with Crippen molar-refractivity contribution in [2.45, 2.75) is 0 Å². The van der Waals surface area contributed by atoms with E-state index in [2.05, 4.69) is 15.6 Å². The Morgan fingerprint density at radius 3 is 2.09 bits per heavy atom. The molecule has 0 radical (unpaired) electrons. The Morgan fingerprint density at radius 1 is 0.879 bits per heavy atom. The number of benzene rings is 3. The Balaban J connectivity index is 1.58. The Hall–Kier alpha value is -4.83. The van der Waals surface area contributed by atoms with E-state index in [0.717, 1.165) is 11.1 Å². The van der Waals surface area contributed by atoms with E-state index in [9.17, 15) is 14.9 Å². The maximum absolute atomic E-state index is 12.6. The fourth-order valence-corrected chi connectivity index (χ4v) is 3.37. The first kappa shape index (κ1) is 21.4. The molecule has 0 saturated carbocycles. The molecule has 0 aliphatic rings. The van der Waals surface area contributed by atoms with Crippen LogP contribution in [0.15, 0.2) is 89.7 Å². The van der Waals surface area contributed by atoms with Crippen LogP contribution in [0.2, 0.25) is 0 Å². The monoisotopic (exact) mass is 436 g/mol. The van der Waals surface area contributed by atoms with Crippen LogP contribution in [0.25, 0.3) is 22.4 Å². The highest BCUT2D eigenvalue weighted by Gasteiger charge is 2.13. The first-order valence-electron chi connectivity index (χ1n) is 10.1. The molecule has 0 atom stereocenters. The number of H-pyrrole nitrogens is 1. The Morgan fingerprint density at radius 2 is 1.48 bits per heavy atom. The molecule has 0 bridgehead atoms. The van der Waals surface area contributed by atoms with Gasteiger partial charge in [-0.3, -0.25) is 4.79 Å². The molecule has 4 rings (SSSR count). The minimum absolute atomic E-state index is 0.0415. The molecule has 0 fully saturated rings. The molecular formula is C26H20N4O3. The van der Waals surface area contributed by atoms with Crippen LogP contribution in [0.4, 0.5) is 16.2 Å². The van der Waals surface area contributed by atoms with Crippen LogP contribution in [0.3, 0.4) is 0 Å². The van der Waals surface area contributed by atoms with Gasteiger partial charge in [0.15, 0.2) is 0 Å². The predicted octanol–water partition coefficient (Wildman–Crippen LogP) is 5.23. The molecule has 0 spiro atoms. The number of carbonyl (C=O) groups is 1. The summed E-state index contributed by atoms with van der Waals surface area (Å²) in [6.07, 6.45) is 0. The quantitative estimate of drug-likeness (QED) is 0.398. The number of urea groups is 1. The fraction of sp³-hybridized carbons (Fsp3) is 0.0385. The number of aromatic nitrogens is 1. The van der Waals surface area contributed by atoms with Gasteiger partial charge < -0.3 is 20.4 Å². The Kier molecular flexibility index (Phi) is 6.19. The number of ether oxygens (including phenoxy) is 1. The molecule has 2 amide bonds. The van der Waals surface area contributed by atoms with Crippen LogP contribution in [-0.2, 0) is 0 Å². The van der Waals surface area contributed by atoms with Gasteiger partial charge in [0, 0.05) is 22.6 Å². The smallest absolute Gasteiger partial charge is 0.323 e. The maximum atomic E-state index is 12.6. The molecule has 0 aliphatic carbocycles. The molecule has 0 saturated heterocycles. The highest BCUT2D eigenvalue weighted by Crippen LogP contribution is 2.28. The normalized spacial score (nSPS) is 10.2. The van der Waals surface area contributed by atoms with E-state index in [-0.39, 0.29) is 11.6 Å². The molecule has 7 heteroatoms. The zero-order valence-electron chi connectivity index (χ0n) is 17.8. The third-order valence-corrected chi connectivity index (χ3v) is 5.03. The second-order valence-corrected chi connectivity index (χ2v) is 7.16. The van der Waals surface area contributed by atoms with Crippen molar-refractivity contribution in [1.82, 2.24) is 4.98 Å². The van der Waals surface area contributed by atoms with Crippen LogP contribution in [0.5, 0.6) is 5.75 Å². The van der Waals surface area contributed by atoms with Crippen LogP contribution in [0, 0.1) is 11.3 Å². The zero-order valence-corrected chi connectivity index (χ0v) is 17.8. The van der Waals surface area contributed by atoms with Gasteiger partial charge in [0.05, 0.1) is 7.11 Å². The third kappa shape index (κ3) is 4.92. The van der Waals surface area contributed by atoms with Crippen LogP contribution < -0.4 is 20.9 Å². The van der Waals surface area contributed by atoms with Crippen molar-refractivity contribution in [2.24, 2.45) is 0 Å². The highest BCUT2D eigenvalue weighted by molar-refractivity contribution is 5.99. The molecule has 0 unspecified atom stereocenters. The molecule has 3 aromatic carbocycles. The molecule has 4 aromatic rings. The number of carbonyl (C=O) groups excluding carboxylic acids is 1. The number of hydrogen-bond donors (Lipinski definition) is 3. The summed E-state index contributed by atoms with van der Waals surface area (Å²) in [7, 11) is 1.57. The van der Waals surface area contributed by atoms with E-state index in [1.54, 1.807) is 73.8 Å². The topological polar surface area (TPSA) is 107 Å². The van der Waals surface area contributed by atoms with Gasteiger partial charge in [-0.25, -0.2) is 4.79 Å². The molecule has 1 aromatic heterocycles. The third-order valence-electron chi connectivity index (χ3n) is 5.03. The second kappa shape index (κ2) is 9.54. The SMILES string of the molecule is COc1ccc(-c2cc(-c3ccc(NC(=O)Nc4ccccc4)cc3)[nH]c(=O)c2C#N)cc1. The summed E-state index contributed by atoms with van der Waals surface area (Å²) in [4.78, 5) is 27.5. The van der Waals surface area contributed by atoms with Gasteiger partial charge in [0.1, 0.15) is 17.4 Å². The number of anilines is 2. The lowest BCUT2D eigenvalue weighted by molar-refractivity contribution is 0.262. The standard InChI is InChI=1S/C26H20N4O3/c1-33-21-13-9-17(10-14-21)22-15-24(30-25(31)23(22)16-27)18-7-11-20(12-8-18)29-26(32)28-19-5-3-2-4-6-19/h2-15H,1H3,(H,30,31)(H2,28,29,32). The first-order chi connectivity index (χ1) is 16.1. The number of rotatable bonds is 5. The lowest BCUT2D eigenvalue weighted by Crippen LogP contribution is -2.19. The number of aromatic amines is 1. The number of nitrogens with one attached hydrogen (secondary N) is 3. The molecule has 0 aliphatic heterocycles.